The van der Waals surface area contributed by atoms with Gasteiger partial charge >= 0.3 is 5.97 Å². The number of allylic oxidation sites excluding steroid dienone is 1. The molecule has 1 atom stereocenters. The van der Waals surface area contributed by atoms with Gasteiger partial charge in [0, 0.05) is 11.4 Å². The van der Waals surface area contributed by atoms with E-state index in [1.807, 2.05) is 30.5 Å². The van der Waals surface area contributed by atoms with Gasteiger partial charge in [0.2, 0.25) is 5.91 Å². The maximum absolute atomic E-state index is 12.9. The summed E-state index contributed by atoms with van der Waals surface area (Å²) >= 11 is 2.76. The van der Waals surface area contributed by atoms with E-state index in [1.54, 1.807) is 6.08 Å². The Morgan fingerprint density at radius 2 is 2.14 bits per heavy atom. The molecule has 8 nitrogen and oxygen atoms in total. The lowest BCUT2D eigenvalue weighted by molar-refractivity contribution is -0.113. The van der Waals surface area contributed by atoms with Gasteiger partial charge in [-0.15, -0.1) is 28.1 Å². The van der Waals surface area contributed by atoms with Crippen molar-refractivity contribution in [2.24, 2.45) is 5.92 Å². The van der Waals surface area contributed by atoms with Crippen LogP contribution in [0.2, 0.25) is 0 Å². The van der Waals surface area contributed by atoms with Gasteiger partial charge in [-0.2, -0.15) is 0 Å². The van der Waals surface area contributed by atoms with E-state index in [4.69, 9.17) is 9.47 Å². The molecule has 0 radical (unpaired) electrons. The molecule has 1 aliphatic rings. The summed E-state index contributed by atoms with van der Waals surface area (Å²) < 4.78 is 12.9. The predicted molar refractivity (Wildman–Crippen MR) is 147 cm³/mol. The van der Waals surface area contributed by atoms with Crippen LogP contribution in [-0.4, -0.2) is 39.5 Å². The largest absolute Gasteiger partial charge is 0.485 e. The summed E-state index contributed by atoms with van der Waals surface area (Å²) in [6.07, 6.45) is 4.51. The average molecular weight is 541 g/mol. The molecular weight excluding hydrogens is 508 g/mol. The second-order valence-corrected chi connectivity index (χ2v) is 11.3. The van der Waals surface area contributed by atoms with Gasteiger partial charge in [-0.1, -0.05) is 42.5 Å². The minimum absolute atomic E-state index is 0.118. The van der Waals surface area contributed by atoms with Gasteiger partial charge in [-0.25, -0.2) is 4.79 Å². The van der Waals surface area contributed by atoms with Crippen LogP contribution in [0.1, 0.15) is 51.1 Å². The molecular formula is C27H32N4O4S2. The number of aromatic nitrogens is 3. The summed E-state index contributed by atoms with van der Waals surface area (Å²) in [5.74, 6) is 1.49. The van der Waals surface area contributed by atoms with Crippen molar-refractivity contribution in [1.82, 2.24) is 14.8 Å². The first kappa shape index (κ1) is 26.9. The molecule has 1 N–H and O–H groups in total. The van der Waals surface area contributed by atoms with E-state index < -0.39 is 5.97 Å². The molecule has 1 amide bonds. The number of esters is 1. The Bertz CT molecular complexity index is 1310. The number of anilines is 1. The number of thiophene rings is 1. The number of ether oxygens (including phenoxy) is 2. The molecule has 1 unspecified atom stereocenters. The number of hydrogen-bond acceptors (Lipinski definition) is 8. The van der Waals surface area contributed by atoms with Gasteiger partial charge in [-0.3, -0.25) is 9.36 Å². The molecule has 0 fully saturated rings. The van der Waals surface area contributed by atoms with Gasteiger partial charge < -0.3 is 14.8 Å². The first-order valence-corrected chi connectivity index (χ1v) is 14.0. The predicted octanol–water partition coefficient (Wildman–Crippen LogP) is 5.36. The van der Waals surface area contributed by atoms with Crippen molar-refractivity contribution >= 4 is 40.0 Å². The number of nitrogens with zero attached hydrogens (tertiary/aromatic N) is 3. The SMILES string of the molecule is C=CCn1c(COc2ccc(C)cc2C)nnc1SCC(=O)Nc1sc2c(c1C(=O)OC)CCC(C)C2. The standard InChI is InChI=1S/C27H32N4O4S2/c1-6-11-31-22(14-35-20-10-8-16(2)12-18(20)4)29-30-27(31)36-15-23(32)28-25-24(26(33)34-5)19-9-7-17(3)13-21(19)37-25/h6,8,10,12,17H,1,7,9,11,13-15H2,2-5H3,(H,28,32). The zero-order valence-electron chi connectivity index (χ0n) is 21.6. The molecule has 0 spiro atoms. The molecule has 0 aliphatic heterocycles. The summed E-state index contributed by atoms with van der Waals surface area (Å²) in [6, 6.07) is 6.03. The lowest BCUT2D eigenvalue weighted by atomic mass is 9.88. The number of carbonyl (C=O) groups excluding carboxylic acids is 2. The van der Waals surface area contributed by atoms with Crippen LogP contribution in [0, 0.1) is 19.8 Å². The van der Waals surface area contributed by atoms with Gasteiger partial charge in [0.1, 0.15) is 17.4 Å². The number of fused-ring (bicyclic) bond motifs is 1. The molecule has 10 heteroatoms. The van der Waals surface area contributed by atoms with Crippen LogP contribution in [0.3, 0.4) is 0 Å². The van der Waals surface area contributed by atoms with Gasteiger partial charge in [0.25, 0.3) is 0 Å². The third-order valence-electron chi connectivity index (χ3n) is 6.28. The maximum atomic E-state index is 12.9. The van der Waals surface area contributed by atoms with Gasteiger partial charge in [0.15, 0.2) is 11.0 Å². The van der Waals surface area contributed by atoms with Crippen molar-refractivity contribution in [1.29, 1.82) is 0 Å². The van der Waals surface area contributed by atoms with Crippen LogP contribution < -0.4 is 10.1 Å². The quantitative estimate of drug-likeness (QED) is 0.210. The molecule has 3 aromatic rings. The van der Waals surface area contributed by atoms with Crippen molar-refractivity contribution in [2.45, 2.75) is 58.3 Å². The van der Waals surface area contributed by atoms with Crippen molar-refractivity contribution in [3.8, 4) is 5.75 Å². The van der Waals surface area contributed by atoms with E-state index in [9.17, 15) is 9.59 Å². The Morgan fingerprint density at radius 1 is 1.32 bits per heavy atom. The molecule has 1 aromatic carbocycles. The molecule has 2 aromatic heterocycles. The zero-order chi connectivity index (χ0) is 26.5. The third-order valence-corrected chi connectivity index (χ3v) is 8.42. The minimum atomic E-state index is -0.408. The van der Waals surface area contributed by atoms with Gasteiger partial charge in [0.05, 0.1) is 18.4 Å². The minimum Gasteiger partial charge on any atom is -0.485 e. The molecule has 1 aliphatic carbocycles. The van der Waals surface area contributed by atoms with Crippen molar-refractivity contribution in [3.63, 3.8) is 0 Å². The number of thioether (sulfide) groups is 1. The van der Waals surface area contributed by atoms with Crippen molar-refractivity contribution < 1.29 is 19.1 Å². The average Bonchev–Trinajstić information content (AvgIpc) is 3.41. The van der Waals surface area contributed by atoms with Crippen LogP contribution in [0.25, 0.3) is 0 Å². The number of nitrogens with one attached hydrogen (secondary N) is 1. The Labute approximate surface area is 225 Å². The first-order valence-electron chi connectivity index (χ1n) is 12.2. The molecule has 0 saturated heterocycles. The number of rotatable bonds is 10. The highest BCUT2D eigenvalue weighted by molar-refractivity contribution is 7.99. The van der Waals surface area contributed by atoms with E-state index in [0.29, 0.717) is 34.0 Å². The highest BCUT2D eigenvalue weighted by Crippen LogP contribution is 2.40. The number of carbonyl (C=O) groups is 2. The first-order chi connectivity index (χ1) is 17.8. The fourth-order valence-corrected chi connectivity index (χ4v) is 6.58. The molecule has 4 rings (SSSR count). The van der Waals surface area contributed by atoms with Crippen LogP contribution in [0.15, 0.2) is 36.0 Å². The summed E-state index contributed by atoms with van der Waals surface area (Å²) in [4.78, 5) is 26.6. The fourth-order valence-electron chi connectivity index (χ4n) is 4.40. The second-order valence-electron chi connectivity index (χ2n) is 9.24. The molecule has 196 valence electrons. The smallest absolute Gasteiger partial charge is 0.341 e. The lowest BCUT2D eigenvalue weighted by Gasteiger charge is -2.18. The summed E-state index contributed by atoms with van der Waals surface area (Å²) in [5.41, 5.74) is 3.73. The van der Waals surface area contributed by atoms with E-state index in [1.165, 1.54) is 35.8 Å². The normalized spacial score (nSPS) is 14.6. The number of benzene rings is 1. The second kappa shape index (κ2) is 12.0. The number of methoxy groups -OCH3 is 1. The molecule has 0 bridgehead atoms. The van der Waals surface area contributed by atoms with Crippen LogP contribution in [0.5, 0.6) is 5.75 Å². The highest BCUT2D eigenvalue weighted by atomic mass is 32.2. The Balaban J connectivity index is 1.43. The van der Waals surface area contributed by atoms with Crippen LogP contribution >= 0.6 is 23.1 Å². The summed E-state index contributed by atoms with van der Waals surface area (Å²) in [5, 5.41) is 12.7. The van der Waals surface area contributed by atoms with E-state index in [0.717, 1.165) is 41.0 Å². The monoisotopic (exact) mass is 540 g/mol. The van der Waals surface area contributed by atoms with Crippen LogP contribution in [0.4, 0.5) is 5.00 Å². The molecule has 0 saturated carbocycles. The topological polar surface area (TPSA) is 95.3 Å². The van der Waals surface area contributed by atoms with Crippen molar-refractivity contribution in [3.05, 3.63) is 63.8 Å². The van der Waals surface area contributed by atoms with E-state index in [2.05, 4.69) is 35.1 Å². The van der Waals surface area contributed by atoms with Crippen LogP contribution in [-0.2, 0) is 35.5 Å². The van der Waals surface area contributed by atoms with E-state index >= 15 is 0 Å². The highest BCUT2D eigenvalue weighted by Gasteiger charge is 2.29. The number of amides is 1. The summed E-state index contributed by atoms with van der Waals surface area (Å²) in [6.45, 7) is 10.8. The maximum Gasteiger partial charge on any atom is 0.341 e. The third kappa shape index (κ3) is 6.24. The molecule has 37 heavy (non-hydrogen) atoms. The Morgan fingerprint density at radius 3 is 2.86 bits per heavy atom. The zero-order valence-corrected chi connectivity index (χ0v) is 23.3. The number of aryl methyl sites for hydroxylation is 2. The lowest BCUT2D eigenvalue weighted by Crippen LogP contribution is -2.17. The number of hydrogen-bond donors (Lipinski definition) is 1. The van der Waals surface area contributed by atoms with Gasteiger partial charge in [-0.05, 0) is 56.2 Å². The van der Waals surface area contributed by atoms with Crippen molar-refractivity contribution in [2.75, 3.05) is 18.2 Å². The fraction of sp³-hybridized carbons (Fsp3) is 0.407. The molecule has 2 heterocycles. The van der Waals surface area contributed by atoms with E-state index in [-0.39, 0.29) is 18.3 Å². The summed E-state index contributed by atoms with van der Waals surface area (Å²) in [7, 11) is 1.37. The Kier molecular flexibility index (Phi) is 8.71. The Hall–Kier alpha value is -3.11.